The molecular weight excluding hydrogens is 252 g/mol. The molecule has 1 aromatic heterocycles. The molecule has 1 aliphatic carbocycles. The van der Waals surface area contributed by atoms with E-state index in [2.05, 4.69) is 36.6 Å². The molecule has 0 saturated heterocycles. The van der Waals surface area contributed by atoms with Gasteiger partial charge in [0.1, 0.15) is 0 Å². The van der Waals surface area contributed by atoms with Gasteiger partial charge in [0.15, 0.2) is 0 Å². The van der Waals surface area contributed by atoms with Gasteiger partial charge in [0.2, 0.25) is 0 Å². The maximum atomic E-state index is 4.80. The largest absolute Gasteiger partial charge is 0.319 e. The molecule has 2 unspecified atom stereocenters. The monoisotopic (exact) mass is 274 g/mol. The Bertz CT molecular complexity index is 499. The molecule has 0 amide bonds. The Hall–Kier alpha value is -0.930. The second kappa shape index (κ2) is 6.02. The first-order valence-electron chi connectivity index (χ1n) is 7.36. The molecule has 2 atom stereocenters. The van der Waals surface area contributed by atoms with Gasteiger partial charge in [-0.15, -0.1) is 11.3 Å². The summed E-state index contributed by atoms with van der Waals surface area (Å²) in [6.07, 6.45) is 6.74. The van der Waals surface area contributed by atoms with Gasteiger partial charge in [-0.3, -0.25) is 0 Å². The van der Waals surface area contributed by atoms with Crippen molar-refractivity contribution in [3.8, 4) is 0 Å². The van der Waals surface area contributed by atoms with Gasteiger partial charge in [-0.1, -0.05) is 25.0 Å². The average Bonchev–Trinajstić information content (AvgIpc) is 2.83. The van der Waals surface area contributed by atoms with E-state index >= 15 is 0 Å². The molecule has 3 heteroatoms. The van der Waals surface area contributed by atoms with Gasteiger partial charge in [-0.2, -0.15) is 0 Å². The van der Waals surface area contributed by atoms with Crippen LogP contribution in [0.2, 0.25) is 0 Å². The third kappa shape index (κ3) is 2.98. The smallest absolute Gasteiger partial charge is 0.0941 e. The molecule has 3 rings (SSSR count). The number of hydrogen-bond acceptors (Lipinski definition) is 3. The zero-order chi connectivity index (χ0) is 13.1. The van der Waals surface area contributed by atoms with Gasteiger partial charge >= 0.3 is 0 Å². The summed E-state index contributed by atoms with van der Waals surface area (Å²) in [6, 6.07) is 8.49. The first-order valence-corrected chi connectivity index (χ1v) is 8.17. The van der Waals surface area contributed by atoms with Crippen molar-refractivity contribution in [2.45, 2.75) is 32.1 Å². The lowest BCUT2D eigenvalue weighted by molar-refractivity contribution is 0.232. The minimum atomic E-state index is 0.821. The zero-order valence-electron chi connectivity index (χ0n) is 11.6. The number of nitrogens with zero attached hydrogens (tertiary/aromatic N) is 1. The van der Waals surface area contributed by atoms with Crippen molar-refractivity contribution in [1.82, 2.24) is 10.3 Å². The van der Waals surface area contributed by atoms with Crippen molar-refractivity contribution < 1.29 is 0 Å². The van der Waals surface area contributed by atoms with Crippen molar-refractivity contribution in [1.29, 1.82) is 0 Å². The summed E-state index contributed by atoms with van der Waals surface area (Å²) in [4.78, 5) is 4.80. The molecular formula is C16H22N2S. The van der Waals surface area contributed by atoms with Crippen LogP contribution >= 0.6 is 11.3 Å². The Kier molecular flexibility index (Phi) is 4.14. The summed E-state index contributed by atoms with van der Waals surface area (Å²) in [6.45, 7) is 1.16. The molecule has 0 radical (unpaired) electrons. The highest BCUT2D eigenvalue weighted by Crippen LogP contribution is 2.34. The summed E-state index contributed by atoms with van der Waals surface area (Å²) in [5.74, 6) is 1.66. The highest BCUT2D eigenvalue weighted by atomic mass is 32.1. The van der Waals surface area contributed by atoms with E-state index in [-0.39, 0.29) is 0 Å². The Labute approximate surface area is 119 Å². The van der Waals surface area contributed by atoms with Gasteiger partial charge in [0.25, 0.3) is 0 Å². The van der Waals surface area contributed by atoms with Gasteiger partial charge in [0.05, 0.1) is 15.2 Å². The number of hydrogen-bond donors (Lipinski definition) is 1. The molecule has 2 aromatic rings. The van der Waals surface area contributed by atoms with Crippen LogP contribution in [0.4, 0.5) is 0 Å². The third-order valence-corrected chi connectivity index (χ3v) is 5.37. The van der Waals surface area contributed by atoms with Crippen LogP contribution in [0.25, 0.3) is 10.2 Å². The molecule has 1 saturated carbocycles. The quantitative estimate of drug-likeness (QED) is 0.915. The van der Waals surface area contributed by atoms with E-state index in [1.165, 1.54) is 47.3 Å². The summed E-state index contributed by atoms with van der Waals surface area (Å²) in [7, 11) is 2.07. The first kappa shape index (κ1) is 13.1. The lowest BCUT2D eigenvalue weighted by Crippen LogP contribution is -2.29. The molecule has 1 fully saturated rings. The fourth-order valence-corrected chi connectivity index (χ4v) is 4.38. The Morgan fingerprint density at radius 3 is 2.79 bits per heavy atom. The van der Waals surface area contributed by atoms with E-state index in [0.29, 0.717) is 0 Å². The lowest BCUT2D eigenvalue weighted by atomic mass is 9.77. The second-order valence-corrected chi connectivity index (χ2v) is 6.76. The van der Waals surface area contributed by atoms with Crippen LogP contribution in [-0.2, 0) is 6.42 Å². The summed E-state index contributed by atoms with van der Waals surface area (Å²) >= 11 is 1.88. The molecule has 0 aliphatic heterocycles. The molecule has 102 valence electrons. The molecule has 0 spiro atoms. The van der Waals surface area contributed by atoms with Gasteiger partial charge in [-0.05, 0) is 50.4 Å². The predicted molar refractivity (Wildman–Crippen MR) is 82.7 cm³/mol. The number of benzene rings is 1. The van der Waals surface area contributed by atoms with Crippen LogP contribution in [0.5, 0.6) is 0 Å². The van der Waals surface area contributed by atoms with Crippen LogP contribution in [0.15, 0.2) is 24.3 Å². The normalized spacial score (nSPS) is 23.8. The highest BCUT2D eigenvalue weighted by Gasteiger charge is 2.25. The minimum absolute atomic E-state index is 0.821. The van der Waals surface area contributed by atoms with Crippen molar-refractivity contribution >= 4 is 21.6 Å². The van der Waals surface area contributed by atoms with E-state index in [1.807, 2.05) is 11.3 Å². The van der Waals surface area contributed by atoms with Crippen molar-refractivity contribution in [2.24, 2.45) is 11.8 Å². The number of thiazole rings is 1. The maximum absolute atomic E-state index is 4.80. The molecule has 2 nitrogen and oxygen atoms in total. The first-order chi connectivity index (χ1) is 9.36. The topological polar surface area (TPSA) is 24.9 Å². The predicted octanol–water partition coefficient (Wildman–Crippen LogP) is 3.86. The zero-order valence-corrected chi connectivity index (χ0v) is 12.4. The van der Waals surface area contributed by atoms with Gasteiger partial charge in [-0.25, -0.2) is 4.98 Å². The number of nitrogens with one attached hydrogen (secondary N) is 1. The fourth-order valence-electron chi connectivity index (χ4n) is 3.32. The fraction of sp³-hybridized carbons (Fsp3) is 0.562. The Balaban J connectivity index is 1.75. The minimum Gasteiger partial charge on any atom is -0.319 e. The molecule has 1 aromatic carbocycles. The maximum Gasteiger partial charge on any atom is 0.0941 e. The van der Waals surface area contributed by atoms with Crippen LogP contribution < -0.4 is 5.32 Å². The van der Waals surface area contributed by atoms with Gasteiger partial charge in [0, 0.05) is 6.42 Å². The number of rotatable bonds is 4. The third-order valence-electron chi connectivity index (χ3n) is 4.31. The van der Waals surface area contributed by atoms with Crippen LogP contribution in [0, 0.1) is 11.8 Å². The van der Waals surface area contributed by atoms with Crippen molar-refractivity contribution in [3.63, 3.8) is 0 Å². The number of para-hydroxylation sites is 1. The standard InChI is InChI=1S/C16H22N2S/c1-17-11-13-7-3-2-6-12(13)10-16-18-14-8-4-5-9-15(14)19-16/h4-5,8-9,12-13,17H,2-3,6-7,10-11H2,1H3. The SMILES string of the molecule is CNCC1CCCCC1Cc1nc2ccccc2s1. The number of fused-ring (bicyclic) bond motifs is 1. The van der Waals surface area contributed by atoms with Crippen LogP contribution in [0.1, 0.15) is 30.7 Å². The molecule has 1 N–H and O–H groups in total. The summed E-state index contributed by atoms with van der Waals surface area (Å²) < 4.78 is 1.33. The van der Waals surface area contributed by atoms with Crippen molar-refractivity contribution in [3.05, 3.63) is 29.3 Å². The Morgan fingerprint density at radius 1 is 1.21 bits per heavy atom. The summed E-state index contributed by atoms with van der Waals surface area (Å²) in [5.41, 5.74) is 1.17. The lowest BCUT2D eigenvalue weighted by Gasteiger charge is -2.30. The molecule has 1 heterocycles. The molecule has 1 aliphatic rings. The van der Waals surface area contributed by atoms with E-state index in [1.54, 1.807) is 0 Å². The van der Waals surface area contributed by atoms with Crippen LogP contribution in [-0.4, -0.2) is 18.6 Å². The van der Waals surface area contributed by atoms with E-state index < -0.39 is 0 Å². The van der Waals surface area contributed by atoms with Gasteiger partial charge < -0.3 is 5.32 Å². The molecule has 0 bridgehead atoms. The average molecular weight is 274 g/mol. The van der Waals surface area contributed by atoms with E-state index in [0.717, 1.165) is 18.4 Å². The highest BCUT2D eigenvalue weighted by molar-refractivity contribution is 7.18. The van der Waals surface area contributed by atoms with E-state index in [9.17, 15) is 0 Å². The van der Waals surface area contributed by atoms with Crippen molar-refractivity contribution in [2.75, 3.05) is 13.6 Å². The summed E-state index contributed by atoms with van der Waals surface area (Å²) in [5, 5.41) is 4.69. The van der Waals surface area contributed by atoms with E-state index in [4.69, 9.17) is 4.98 Å². The number of aromatic nitrogens is 1. The molecule has 19 heavy (non-hydrogen) atoms. The Morgan fingerprint density at radius 2 is 2.00 bits per heavy atom. The van der Waals surface area contributed by atoms with Crippen LogP contribution in [0.3, 0.4) is 0 Å². The second-order valence-electron chi connectivity index (χ2n) is 5.64.